The van der Waals surface area contributed by atoms with Gasteiger partial charge in [-0.05, 0) is 29.8 Å². The summed E-state index contributed by atoms with van der Waals surface area (Å²) in [5, 5.41) is 32.3. The van der Waals surface area contributed by atoms with E-state index in [2.05, 4.69) is 9.97 Å². The Morgan fingerprint density at radius 2 is 1.80 bits per heavy atom. The van der Waals surface area contributed by atoms with Crippen LogP contribution in [-0.2, 0) is 9.47 Å². The summed E-state index contributed by atoms with van der Waals surface area (Å²) in [5.74, 6) is -0.419. The molecule has 10 heteroatoms. The predicted molar refractivity (Wildman–Crippen MR) is 127 cm³/mol. The number of nitrogens with two attached hydrogens (primary N) is 1. The highest BCUT2D eigenvalue weighted by molar-refractivity contribution is 6.03. The zero-order valence-electron chi connectivity index (χ0n) is 18.9. The summed E-state index contributed by atoms with van der Waals surface area (Å²) in [7, 11) is 1.41. The van der Waals surface area contributed by atoms with Gasteiger partial charge >= 0.3 is 0 Å². The maximum absolute atomic E-state index is 13.6. The molecule has 35 heavy (non-hydrogen) atoms. The number of benzene rings is 2. The maximum Gasteiger partial charge on any atom is 0.222 e. The third kappa shape index (κ3) is 3.85. The second-order valence-electron chi connectivity index (χ2n) is 8.55. The average Bonchev–Trinajstić information content (AvgIpc) is 3.36. The lowest BCUT2D eigenvalue weighted by molar-refractivity contribution is -0.154. The molecule has 0 saturated carbocycles. The number of rotatable bonds is 6. The Morgan fingerprint density at radius 3 is 2.46 bits per heavy atom. The molecule has 182 valence electrons. The highest BCUT2D eigenvalue weighted by Crippen LogP contribution is 2.43. The molecule has 5 N–H and O–H groups in total. The summed E-state index contributed by atoms with van der Waals surface area (Å²) in [6, 6.07) is 15.3. The van der Waals surface area contributed by atoms with Gasteiger partial charge in [0.1, 0.15) is 29.3 Å². The van der Waals surface area contributed by atoms with Gasteiger partial charge in [-0.1, -0.05) is 30.3 Å². The Labute approximate surface area is 200 Å². The average molecular weight is 480 g/mol. The molecule has 4 aromatic rings. The number of methoxy groups -OCH3 is 1. The van der Waals surface area contributed by atoms with Crippen LogP contribution in [0.2, 0.25) is 0 Å². The van der Waals surface area contributed by atoms with E-state index in [4.69, 9.17) is 15.2 Å². The van der Waals surface area contributed by atoms with E-state index in [1.165, 1.54) is 19.2 Å². The monoisotopic (exact) mass is 480 g/mol. The molecule has 4 atom stereocenters. The fraction of sp³-hybridized carbons (Fsp3) is 0.280. The second-order valence-corrected chi connectivity index (χ2v) is 8.55. The molecule has 0 unspecified atom stereocenters. The van der Waals surface area contributed by atoms with E-state index in [1.54, 1.807) is 22.9 Å². The van der Waals surface area contributed by atoms with Gasteiger partial charge in [-0.15, -0.1) is 0 Å². The minimum absolute atomic E-state index is 0.0332. The van der Waals surface area contributed by atoms with Crippen LogP contribution < -0.4 is 5.73 Å². The van der Waals surface area contributed by atoms with E-state index < -0.39 is 30.6 Å². The van der Waals surface area contributed by atoms with Crippen molar-refractivity contribution in [1.82, 2.24) is 14.5 Å². The summed E-state index contributed by atoms with van der Waals surface area (Å²) < 4.78 is 26.4. The van der Waals surface area contributed by atoms with Gasteiger partial charge < -0.3 is 35.1 Å². The molecule has 1 saturated heterocycles. The van der Waals surface area contributed by atoms with Crippen molar-refractivity contribution in [3.8, 4) is 22.4 Å². The molecule has 1 fully saturated rings. The lowest BCUT2D eigenvalue weighted by atomic mass is 9.97. The standard InChI is InChI=1S/C25H25FN4O5/c1-34-13-25(12-31)21(33)20(32)23(35-25)30-11-17(14-5-3-2-4-6-14)18-19(28-24(27)29-22(18)30)15-7-9-16(26)10-8-15/h2-11,20-21,23,31-33H,12-13H2,1H3,(H2,27,28,29)/t20-,21+,23-,25+/m1/s1. The highest BCUT2D eigenvalue weighted by Gasteiger charge is 2.55. The third-order valence-corrected chi connectivity index (χ3v) is 6.33. The molecular weight excluding hydrogens is 455 g/mol. The Balaban J connectivity index is 1.77. The molecule has 3 heterocycles. The molecule has 0 amide bonds. The van der Waals surface area contributed by atoms with Crippen LogP contribution in [0.4, 0.5) is 10.3 Å². The maximum atomic E-state index is 13.6. The number of aliphatic hydroxyl groups is 3. The summed E-state index contributed by atoms with van der Waals surface area (Å²) in [5.41, 5.74) is 7.55. The van der Waals surface area contributed by atoms with Gasteiger partial charge in [-0.2, -0.15) is 4.98 Å². The Morgan fingerprint density at radius 1 is 1.09 bits per heavy atom. The normalized spacial score (nSPS) is 24.3. The van der Waals surface area contributed by atoms with Crippen molar-refractivity contribution in [3.05, 3.63) is 66.6 Å². The van der Waals surface area contributed by atoms with Gasteiger partial charge in [0.15, 0.2) is 6.23 Å². The van der Waals surface area contributed by atoms with Crippen LogP contribution in [0.1, 0.15) is 6.23 Å². The number of hydrogen-bond donors (Lipinski definition) is 4. The van der Waals surface area contributed by atoms with Crippen molar-refractivity contribution in [2.75, 3.05) is 26.1 Å². The fourth-order valence-electron chi connectivity index (χ4n) is 4.62. The number of anilines is 1. The van der Waals surface area contributed by atoms with Crippen molar-refractivity contribution in [2.24, 2.45) is 0 Å². The molecule has 0 bridgehead atoms. The fourth-order valence-corrected chi connectivity index (χ4v) is 4.62. The number of fused-ring (bicyclic) bond motifs is 1. The van der Waals surface area contributed by atoms with Gasteiger partial charge in [0.2, 0.25) is 5.95 Å². The number of nitrogens with zero attached hydrogens (tertiary/aromatic N) is 3. The summed E-state index contributed by atoms with van der Waals surface area (Å²) >= 11 is 0. The van der Waals surface area contributed by atoms with Gasteiger partial charge in [-0.25, -0.2) is 9.37 Å². The molecular formula is C25H25FN4O5. The molecule has 2 aromatic carbocycles. The zero-order valence-corrected chi connectivity index (χ0v) is 18.9. The second kappa shape index (κ2) is 8.99. The molecule has 0 radical (unpaired) electrons. The molecule has 0 aliphatic carbocycles. The zero-order chi connectivity index (χ0) is 24.7. The van der Waals surface area contributed by atoms with Gasteiger partial charge in [-0.3, -0.25) is 0 Å². The summed E-state index contributed by atoms with van der Waals surface area (Å²) in [4.78, 5) is 8.89. The minimum atomic E-state index is -1.53. The Kier molecular flexibility index (Phi) is 5.99. The van der Waals surface area contributed by atoms with Crippen LogP contribution in [0.15, 0.2) is 60.8 Å². The van der Waals surface area contributed by atoms with E-state index in [0.29, 0.717) is 22.3 Å². The van der Waals surface area contributed by atoms with Gasteiger partial charge in [0.25, 0.3) is 0 Å². The summed E-state index contributed by atoms with van der Waals surface area (Å²) in [6.45, 7) is -0.709. The molecule has 1 aliphatic heterocycles. The number of aromatic nitrogens is 3. The predicted octanol–water partition coefficient (Wildman–Crippen LogP) is 2.11. The van der Waals surface area contributed by atoms with Crippen LogP contribution in [-0.4, -0.2) is 68.0 Å². The smallest absolute Gasteiger partial charge is 0.222 e. The SMILES string of the molecule is COC[C@]1(CO)O[C@@H](n2cc(-c3ccccc3)c3c(-c4ccc(F)cc4)nc(N)nc32)[C@H](O)[C@@H]1O. The molecule has 5 rings (SSSR count). The van der Waals surface area contributed by atoms with Crippen molar-refractivity contribution in [3.63, 3.8) is 0 Å². The van der Waals surface area contributed by atoms with Crippen molar-refractivity contribution < 1.29 is 29.2 Å². The minimum Gasteiger partial charge on any atom is -0.393 e. The number of nitrogen functional groups attached to an aromatic ring is 1. The number of ether oxygens (including phenoxy) is 2. The number of halogens is 1. The number of aliphatic hydroxyl groups excluding tert-OH is 3. The van der Waals surface area contributed by atoms with E-state index in [-0.39, 0.29) is 18.4 Å². The third-order valence-electron chi connectivity index (χ3n) is 6.33. The first-order valence-corrected chi connectivity index (χ1v) is 11.0. The van der Waals surface area contributed by atoms with Gasteiger partial charge in [0, 0.05) is 24.4 Å². The van der Waals surface area contributed by atoms with Crippen LogP contribution in [0, 0.1) is 5.82 Å². The molecule has 0 spiro atoms. The van der Waals surface area contributed by atoms with Crippen LogP contribution in [0.3, 0.4) is 0 Å². The Hall–Kier alpha value is -3.41. The topological polar surface area (TPSA) is 136 Å². The first-order valence-electron chi connectivity index (χ1n) is 11.0. The number of hydrogen-bond acceptors (Lipinski definition) is 8. The van der Waals surface area contributed by atoms with Crippen molar-refractivity contribution in [2.45, 2.75) is 24.0 Å². The first kappa shape index (κ1) is 23.3. The van der Waals surface area contributed by atoms with Gasteiger partial charge in [0.05, 0.1) is 24.3 Å². The van der Waals surface area contributed by atoms with E-state index >= 15 is 0 Å². The van der Waals surface area contributed by atoms with Crippen molar-refractivity contribution in [1.29, 1.82) is 0 Å². The summed E-state index contributed by atoms with van der Waals surface area (Å²) in [6.07, 6.45) is -2.20. The quantitative estimate of drug-likeness (QED) is 0.330. The first-order chi connectivity index (χ1) is 16.9. The van der Waals surface area contributed by atoms with Crippen LogP contribution in [0.25, 0.3) is 33.4 Å². The van der Waals surface area contributed by atoms with E-state index in [1.807, 2.05) is 30.3 Å². The largest absolute Gasteiger partial charge is 0.393 e. The van der Waals surface area contributed by atoms with Crippen molar-refractivity contribution >= 4 is 17.0 Å². The highest BCUT2D eigenvalue weighted by atomic mass is 19.1. The Bertz CT molecular complexity index is 1350. The van der Waals surface area contributed by atoms with Crippen LogP contribution in [0.5, 0.6) is 0 Å². The lowest BCUT2D eigenvalue weighted by Gasteiger charge is -2.28. The molecule has 9 nitrogen and oxygen atoms in total. The van der Waals surface area contributed by atoms with E-state index in [0.717, 1.165) is 11.1 Å². The lowest BCUT2D eigenvalue weighted by Crippen LogP contribution is -2.49. The molecule has 2 aromatic heterocycles. The van der Waals surface area contributed by atoms with Crippen LogP contribution >= 0.6 is 0 Å². The molecule has 1 aliphatic rings. The van der Waals surface area contributed by atoms with E-state index in [9.17, 15) is 19.7 Å².